The Balaban J connectivity index is 1.70. The van der Waals surface area contributed by atoms with Crippen LogP contribution in [0, 0.1) is 0 Å². The average Bonchev–Trinajstić information content (AvgIpc) is 3.35. The van der Waals surface area contributed by atoms with Crippen molar-refractivity contribution in [3.8, 4) is 0 Å². The molecular weight excluding hydrogens is 556 g/mol. The highest BCUT2D eigenvalue weighted by molar-refractivity contribution is 5.69. The molecule has 2 saturated heterocycles. The van der Waals surface area contributed by atoms with Crippen LogP contribution in [0.3, 0.4) is 0 Å². The third-order valence-corrected chi connectivity index (χ3v) is 7.13. The largest absolute Gasteiger partial charge is 0.447 e. The topological polar surface area (TPSA) is 71.0 Å². The molecule has 2 aromatic rings. The van der Waals surface area contributed by atoms with E-state index in [1.54, 1.807) is 36.0 Å². The van der Waals surface area contributed by atoms with Gasteiger partial charge in [-0.2, -0.15) is 26.3 Å². The lowest BCUT2D eigenvalue weighted by Gasteiger charge is -2.31. The van der Waals surface area contributed by atoms with E-state index in [2.05, 4.69) is 9.97 Å². The maximum atomic E-state index is 13.6. The van der Waals surface area contributed by atoms with E-state index in [0.717, 1.165) is 5.69 Å². The number of amides is 1. The number of morpholine rings is 1. The SMILES string of the molecule is CCC1CC(N(Cc2cc(C(F)(F)F)cc(C(F)(F)F)c2)c2ncc(N3CCOCC3)cn2)CN1C(=O)OC(C)C. The summed E-state index contributed by atoms with van der Waals surface area (Å²) in [5.74, 6) is 0.131. The molecule has 4 rings (SSSR count). The van der Waals surface area contributed by atoms with E-state index < -0.39 is 35.6 Å². The van der Waals surface area contributed by atoms with Gasteiger partial charge in [0.15, 0.2) is 0 Å². The highest BCUT2D eigenvalue weighted by Crippen LogP contribution is 2.37. The van der Waals surface area contributed by atoms with Crippen LogP contribution in [0.2, 0.25) is 0 Å². The summed E-state index contributed by atoms with van der Waals surface area (Å²) >= 11 is 0. The van der Waals surface area contributed by atoms with Crippen molar-refractivity contribution in [2.75, 3.05) is 42.6 Å². The quantitative estimate of drug-likeness (QED) is 0.381. The molecule has 0 spiro atoms. The summed E-state index contributed by atoms with van der Waals surface area (Å²) in [5.41, 5.74) is -2.28. The maximum absolute atomic E-state index is 13.6. The predicted molar refractivity (Wildman–Crippen MR) is 138 cm³/mol. The molecule has 14 heteroatoms. The second-order valence-electron chi connectivity index (χ2n) is 10.4. The van der Waals surface area contributed by atoms with Gasteiger partial charge in [-0.25, -0.2) is 14.8 Å². The van der Waals surface area contributed by atoms with Gasteiger partial charge in [0.2, 0.25) is 5.95 Å². The van der Waals surface area contributed by atoms with E-state index >= 15 is 0 Å². The van der Waals surface area contributed by atoms with Gasteiger partial charge in [0.25, 0.3) is 0 Å². The van der Waals surface area contributed by atoms with Crippen LogP contribution in [0.5, 0.6) is 0 Å². The number of benzene rings is 1. The number of hydrogen-bond donors (Lipinski definition) is 0. The number of alkyl halides is 6. The van der Waals surface area contributed by atoms with Crippen molar-refractivity contribution in [3.05, 3.63) is 47.3 Å². The monoisotopic (exact) mass is 589 g/mol. The number of aromatic nitrogens is 2. The highest BCUT2D eigenvalue weighted by Gasteiger charge is 2.41. The van der Waals surface area contributed by atoms with Gasteiger partial charge in [0, 0.05) is 32.2 Å². The molecule has 226 valence electrons. The second kappa shape index (κ2) is 12.3. The fraction of sp³-hybridized carbons (Fsp3) is 0.593. The molecule has 1 amide bonds. The van der Waals surface area contributed by atoms with Gasteiger partial charge in [-0.3, -0.25) is 0 Å². The van der Waals surface area contributed by atoms with E-state index in [4.69, 9.17) is 9.47 Å². The summed E-state index contributed by atoms with van der Waals surface area (Å²) in [6, 6.07) is 0.794. The van der Waals surface area contributed by atoms with Crippen LogP contribution >= 0.6 is 0 Å². The van der Waals surface area contributed by atoms with E-state index in [0.29, 0.717) is 51.3 Å². The molecule has 2 fully saturated rings. The van der Waals surface area contributed by atoms with Crippen LogP contribution in [-0.2, 0) is 28.4 Å². The minimum absolute atomic E-state index is 0.105. The molecule has 41 heavy (non-hydrogen) atoms. The second-order valence-corrected chi connectivity index (χ2v) is 10.4. The predicted octanol–water partition coefficient (Wildman–Crippen LogP) is 5.76. The van der Waals surface area contributed by atoms with Crippen molar-refractivity contribution in [2.45, 2.75) is 70.7 Å². The first kappa shape index (κ1) is 30.7. The summed E-state index contributed by atoms with van der Waals surface area (Å²) in [4.78, 5) is 26.9. The number of rotatable bonds is 7. The molecule has 2 unspecified atom stereocenters. The number of nitrogens with zero attached hydrogens (tertiary/aromatic N) is 5. The van der Waals surface area contributed by atoms with E-state index in [-0.39, 0.29) is 42.8 Å². The van der Waals surface area contributed by atoms with E-state index in [1.165, 1.54) is 0 Å². The zero-order chi connectivity index (χ0) is 29.9. The molecule has 2 aliphatic rings. The maximum Gasteiger partial charge on any atom is 0.416 e. The fourth-order valence-corrected chi connectivity index (χ4v) is 5.12. The van der Waals surface area contributed by atoms with Crippen LogP contribution in [0.15, 0.2) is 30.6 Å². The van der Waals surface area contributed by atoms with E-state index in [9.17, 15) is 31.1 Å². The van der Waals surface area contributed by atoms with Gasteiger partial charge in [-0.1, -0.05) is 6.92 Å². The molecule has 1 aromatic heterocycles. The van der Waals surface area contributed by atoms with Gasteiger partial charge in [-0.15, -0.1) is 0 Å². The molecule has 2 atom stereocenters. The van der Waals surface area contributed by atoms with Gasteiger partial charge in [0.1, 0.15) is 0 Å². The van der Waals surface area contributed by atoms with Crippen LogP contribution in [-0.4, -0.2) is 72.0 Å². The number of likely N-dealkylation sites (tertiary alicyclic amines) is 1. The Labute approximate surface area is 234 Å². The molecule has 0 N–H and O–H groups in total. The highest BCUT2D eigenvalue weighted by atomic mass is 19.4. The van der Waals surface area contributed by atoms with Crippen molar-refractivity contribution in [1.29, 1.82) is 0 Å². The van der Waals surface area contributed by atoms with Crippen molar-refractivity contribution >= 4 is 17.7 Å². The molecule has 0 saturated carbocycles. The molecular formula is C27H33F6N5O3. The summed E-state index contributed by atoms with van der Waals surface area (Å²) in [5, 5.41) is 0. The Hall–Kier alpha value is -3.29. The molecule has 8 nitrogen and oxygen atoms in total. The van der Waals surface area contributed by atoms with Crippen molar-refractivity contribution in [2.24, 2.45) is 0 Å². The lowest BCUT2D eigenvalue weighted by molar-refractivity contribution is -0.143. The standard InChI is InChI=1S/C27H33F6N5O3/c1-4-21-12-22(16-38(21)25(39)41-17(2)3)37(24-34-13-23(14-35-24)36-5-7-40-8-6-36)15-18-9-19(26(28,29)30)11-20(10-18)27(31,32)33/h9-11,13-14,17,21-22H,4-8,12,15-16H2,1-3H3. The number of halogens is 6. The zero-order valence-corrected chi connectivity index (χ0v) is 23.0. The molecule has 3 heterocycles. The average molecular weight is 590 g/mol. The Morgan fingerprint density at radius 2 is 1.63 bits per heavy atom. The Kier molecular flexibility index (Phi) is 9.19. The minimum atomic E-state index is -4.98. The van der Waals surface area contributed by atoms with Crippen LogP contribution in [0.1, 0.15) is 50.3 Å². The van der Waals surface area contributed by atoms with Crippen molar-refractivity contribution in [1.82, 2.24) is 14.9 Å². The van der Waals surface area contributed by atoms with Gasteiger partial charge < -0.3 is 24.2 Å². The lowest BCUT2D eigenvalue weighted by Crippen LogP contribution is -2.41. The third-order valence-electron chi connectivity index (χ3n) is 7.13. The molecule has 0 aliphatic carbocycles. The normalized spacial score (nSPS) is 20.0. The number of ether oxygens (including phenoxy) is 2. The van der Waals surface area contributed by atoms with E-state index in [1.807, 2.05) is 11.8 Å². The Bertz CT molecular complexity index is 1150. The Morgan fingerprint density at radius 1 is 1.05 bits per heavy atom. The molecule has 1 aromatic carbocycles. The minimum Gasteiger partial charge on any atom is -0.447 e. The van der Waals surface area contributed by atoms with Crippen molar-refractivity contribution < 1.29 is 40.6 Å². The zero-order valence-electron chi connectivity index (χ0n) is 23.0. The summed E-state index contributed by atoms with van der Waals surface area (Å²) in [7, 11) is 0. The van der Waals surface area contributed by atoms with Crippen LogP contribution in [0.25, 0.3) is 0 Å². The first-order valence-corrected chi connectivity index (χ1v) is 13.4. The van der Waals surface area contributed by atoms with Crippen LogP contribution < -0.4 is 9.80 Å². The van der Waals surface area contributed by atoms with Gasteiger partial charge in [-0.05, 0) is 50.5 Å². The number of hydrogen-bond acceptors (Lipinski definition) is 7. The third kappa shape index (κ3) is 7.52. The van der Waals surface area contributed by atoms with Crippen molar-refractivity contribution in [3.63, 3.8) is 0 Å². The first-order valence-electron chi connectivity index (χ1n) is 13.4. The fourth-order valence-electron chi connectivity index (χ4n) is 5.12. The Morgan fingerprint density at radius 3 is 2.15 bits per heavy atom. The molecule has 2 aliphatic heterocycles. The summed E-state index contributed by atoms with van der Waals surface area (Å²) < 4.78 is 92.2. The summed E-state index contributed by atoms with van der Waals surface area (Å²) in [6.45, 7) is 7.46. The number of carbonyl (C=O) groups is 1. The first-order chi connectivity index (χ1) is 19.3. The van der Waals surface area contributed by atoms with Crippen LogP contribution in [0.4, 0.5) is 42.8 Å². The smallest absolute Gasteiger partial charge is 0.416 e. The lowest BCUT2D eigenvalue weighted by atomic mass is 10.0. The molecule has 0 bridgehead atoms. The van der Waals surface area contributed by atoms with Gasteiger partial charge >= 0.3 is 18.4 Å². The molecule has 0 radical (unpaired) electrons. The number of carbonyl (C=O) groups excluding carboxylic acids is 1. The van der Waals surface area contributed by atoms with Gasteiger partial charge in [0.05, 0.1) is 54.6 Å². The number of anilines is 2. The summed E-state index contributed by atoms with van der Waals surface area (Å²) in [6.07, 6.45) is -6.71.